The van der Waals surface area contributed by atoms with Gasteiger partial charge in [-0.2, -0.15) is 0 Å². The Kier molecular flexibility index (Phi) is 5.86. The van der Waals surface area contributed by atoms with Gasteiger partial charge in [-0.05, 0) is 55.5 Å². The zero-order valence-electron chi connectivity index (χ0n) is 17.4. The molecule has 164 valence electrons. The Labute approximate surface area is 182 Å². The third-order valence-corrected chi connectivity index (χ3v) is 7.49. The van der Waals surface area contributed by atoms with Crippen LogP contribution in [0.2, 0.25) is 0 Å². The minimum absolute atomic E-state index is 0.0184. The van der Waals surface area contributed by atoms with E-state index < -0.39 is 22.1 Å². The van der Waals surface area contributed by atoms with Crippen molar-refractivity contribution in [2.24, 2.45) is 0 Å². The Hall–Kier alpha value is -3.07. The number of carbonyl (C=O) groups excluding carboxylic acids is 2. The van der Waals surface area contributed by atoms with Crippen molar-refractivity contribution < 1.29 is 18.0 Å². The first-order chi connectivity index (χ1) is 14.9. The van der Waals surface area contributed by atoms with Crippen LogP contribution in [0.3, 0.4) is 0 Å². The zero-order valence-corrected chi connectivity index (χ0v) is 18.2. The number of carbonyl (C=O) groups is 2. The molecule has 2 fully saturated rings. The number of piperidine rings is 1. The Bertz CT molecular complexity index is 1080. The van der Waals surface area contributed by atoms with Crippen LogP contribution in [-0.4, -0.2) is 49.3 Å². The molecule has 0 bridgehead atoms. The van der Waals surface area contributed by atoms with Crippen LogP contribution in [0.25, 0.3) is 0 Å². The fourth-order valence-electron chi connectivity index (χ4n) is 3.95. The van der Waals surface area contributed by atoms with Crippen molar-refractivity contribution in [1.82, 2.24) is 14.5 Å². The van der Waals surface area contributed by atoms with Gasteiger partial charge in [0.1, 0.15) is 0 Å². The van der Waals surface area contributed by atoms with E-state index in [4.69, 9.17) is 0 Å². The number of rotatable bonds is 4. The Morgan fingerprint density at radius 2 is 1.77 bits per heavy atom. The molecule has 2 aliphatic heterocycles. The van der Waals surface area contributed by atoms with Crippen LogP contribution in [0, 0.1) is 6.92 Å². The lowest BCUT2D eigenvalue weighted by Gasteiger charge is -2.27. The molecule has 0 radical (unpaired) electrons. The van der Waals surface area contributed by atoms with Gasteiger partial charge in [-0.1, -0.05) is 30.3 Å². The lowest BCUT2D eigenvalue weighted by molar-refractivity contribution is 0.200. The van der Waals surface area contributed by atoms with E-state index in [-0.39, 0.29) is 17.5 Å². The summed E-state index contributed by atoms with van der Waals surface area (Å²) in [6, 6.07) is 12.5. The third-order valence-electron chi connectivity index (χ3n) is 5.75. The summed E-state index contributed by atoms with van der Waals surface area (Å²) >= 11 is 0. The van der Waals surface area contributed by atoms with E-state index in [2.05, 4.69) is 10.6 Å². The molecule has 2 aromatic carbocycles. The fourth-order valence-corrected chi connectivity index (χ4v) is 5.39. The van der Waals surface area contributed by atoms with Crippen LogP contribution in [0.15, 0.2) is 53.4 Å². The monoisotopic (exact) mass is 442 g/mol. The van der Waals surface area contributed by atoms with E-state index in [1.54, 1.807) is 17.9 Å². The third kappa shape index (κ3) is 4.36. The minimum Gasteiger partial charge on any atom is -0.328 e. The molecule has 2 aromatic rings. The summed E-state index contributed by atoms with van der Waals surface area (Å²) in [6.07, 6.45) is 3.11. The maximum absolute atomic E-state index is 13.1. The van der Waals surface area contributed by atoms with Crippen LogP contribution < -0.4 is 10.6 Å². The predicted octanol–water partition coefficient (Wildman–Crippen LogP) is 3.47. The first-order valence-corrected chi connectivity index (χ1v) is 11.8. The molecule has 2 saturated heterocycles. The highest BCUT2D eigenvalue weighted by molar-refractivity contribution is 7.89. The number of nitrogens with one attached hydrogen (secondary N) is 2. The Morgan fingerprint density at radius 1 is 1.06 bits per heavy atom. The smallest absolute Gasteiger partial charge is 0.328 e. The summed E-state index contributed by atoms with van der Waals surface area (Å²) in [5.74, 6) is 0. The predicted molar refractivity (Wildman–Crippen MR) is 117 cm³/mol. The zero-order chi connectivity index (χ0) is 22.0. The van der Waals surface area contributed by atoms with E-state index in [9.17, 15) is 18.0 Å². The van der Waals surface area contributed by atoms with E-state index in [0.717, 1.165) is 42.2 Å². The number of hydrogen-bond acceptors (Lipinski definition) is 4. The number of urea groups is 2. The summed E-state index contributed by atoms with van der Waals surface area (Å²) < 4.78 is 27.1. The van der Waals surface area contributed by atoms with Crippen molar-refractivity contribution >= 4 is 27.8 Å². The number of amides is 4. The van der Waals surface area contributed by atoms with Crippen LogP contribution in [-0.2, 0) is 10.0 Å². The van der Waals surface area contributed by atoms with Crippen LogP contribution in [0.4, 0.5) is 15.3 Å². The van der Waals surface area contributed by atoms with Crippen molar-refractivity contribution in [2.75, 3.05) is 25.0 Å². The molecule has 2 aliphatic rings. The second-order valence-electron chi connectivity index (χ2n) is 7.90. The number of likely N-dealkylation sites (tertiary alicyclic amines) is 1. The Morgan fingerprint density at radius 3 is 2.45 bits per heavy atom. The second-order valence-corrected chi connectivity index (χ2v) is 9.77. The largest absolute Gasteiger partial charge is 0.331 e. The lowest BCUT2D eigenvalue weighted by Crippen LogP contribution is -2.38. The van der Waals surface area contributed by atoms with Gasteiger partial charge in [-0.3, -0.25) is 0 Å². The SMILES string of the molecule is Cc1cc(S(=O)(=O)N2C[C@H](c3ccccc3)NC2=O)ccc1NC(=O)N1CCCCC1. The average Bonchev–Trinajstić information content (AvgIpc) is 3.19. The van der Waals surface area contributed by atoms with Crippen molar-refractivity contribution in [3.05, 3.63) is 59.7 Å². The molecule has 0 unspecified atom stereocenters. The van der Waals surface area contributed by atoms with Gasteiger partial charge in [0.25, 0.3) is 10.0 Å². The van der Waals surface area contributed by atoms with Crippen molar-refractivity contribution in [3.63, 3.8) is 0 Å². The van der Waals surface area contributed by atoms with Crippen LogP contribution >= 0.6 is 0 Å². The number of aryl methyl sites for hydroxylation is 1. The average molecular weight is 443 g/mol. The molecule has 2 N–H and O–H groups in total. The number of sulfonamides is 1. The van der Waals surface area contributed by atoms with Crippen molar-refractivity contribution in [2.45, 2.75) is 37.1 Å². The molecule has 1 atom stereocenters. The maximum atomic E-state index is 13.1. The molecule has 0 aromatic heterocycles. The van der Waals surface area contributed by atoms with Crippen molar-refractivity contribution in [1.29, 1.82) is 0 Å². The highest BCUT2D eigenvalue weighted by atomic mass is 32.2. The first-order valence-electron chi connectivity index (χ1n) is 10.4. The summed E-state index contributed by atoms with van der Waals surface area (Å²) in [7, 11) is -4.02. The fraction of sp³-hybridized carbons (Fsp3) is 0.364. The van der Waals surface area contributed by atoms with Gasteiger partial charge in [0.05, 0.1) is 17.5 Å². The first kappa shape index (κ1) is 21.2. The highest BCUT2D eigenvalue weighted by Gasteiger charge is 2.38. The van der Waals surface area contributed by atoms with Gasteiger partial charge in [0, 0.05) is 18.8 Å². The molecular formula is C22H26N4O4S. The molecule has 4 amide bonds. The molecule has 9 heteroatoms. The van der Waals surface area contributed by atoms with Crippen molar-refractivity contribution in [3.8, 4) is 0 Å². The van der Waals surface area contributed by atoms with Gasteiger partial charge >= 0.3 is 12.1 Å². The maximum Gasteiger partial charge on any atom is 0.331 e. The van der Waals surface area contributed by atoms with E-state index in [1.807, 2.05) is 30.3 Å². The van der Waals surface area contributed by atoms with E-state index in [1.165, 1.54) is 12.1 Å². The quantitative estimate of drug-likeness (QED) is 0.757. The molecule has 0 aliphatic carbocycles. The summed E-state index contributed by atoms with van der Waals surface area (Å²) in [4.78, 5) is 26.7. The molecule has 4 rings (SSSR count). The molecule has 0 saturated carbocycles. The molecule has 31 heavy (non-hydrogen) atoms. The summed E-state index contributed by atoms with van der Waals surface area (Å²) in [5.41, 5.74) is 2.02. The lowest BCUT2D eigenvalue weighted by atomic mass is 10.1. The molecule has 8 nitrogen and oxygen atoms in total. The van der Waals surface area contributed by atoms with Crippen LogP contribution in [0.1, 0.15) is 36.4 Å². The normalized spacial score (nSPS) is 19.3. The second kappa shape index (κ2) is 8.58. The van der Waals surface area contributed by atoms with Gasteiger partial charge in [0.2, 0.25) is 0 Å². The van der Waals surface area contributed by atoms with Gasteiger partial charge in [-0.25, -0.2) is 22.3 Å². The number of benzene rings is 2. The molecule has 0 spiro atoms. The summed E-state index contributed by atoms with van der Waals surface area (Å²) in [5, 5.41) is 5.59. The topological polar surface area (TPSA) is 98.8 Å². The Balaban J connectivity index is 1.50. The molecular weight excluding hydrogens is 416 g/mol. The highest BCUT2D eigenvalue weighted by Crippen LogP contribution is 2.28. The number of nitrogens with zero attached hydrogens (tertiary/aromatic N) is 2. The number of hydrogen-bond donors (Lipinski definition) is 2. The molecule has 2 heterocycles. The van der Waals surface area contributed by atoms with Gasteiger partial charge < -0.3 is 15.5 Å². The minimum atomic E-state index is -4.02. The van der Waals surface area contributed by atoms with Gasteiger partial charge in [0.15, 0.2) is 0 Å². The van der Waals surface area contributed by atoms with E-state index >= 15 is 0 Å². The van der Waals surface area contributed by atoms with Crippen LogP contribution in [0.5, 0.6) is 0 Å². The van der Waals surface area contributed by atoms with E-state index in [0.29, 0.717) is 11.3 Å². The number of anilines is 1. The standard InChI is InChI=1S/C22H26N4O4S/c1-16-14-18(10-11-19(16)23-21(27)25-12-6-3-7-13-25)31(29,30)26-15-20(24-22(26)28)17-8-4-2-5-9-17/h2,4-5,8-11,14,20H,3,6-7,12-13,15H2,1H3,(H,23,27)(H,24,28)/t20-/m1/s1. The van der Waals surface area contributed by atoms with Gasteiger partial charge in [-0.15, -0.1) is 0 Å². The summed E-state index contributed by atoms with van der Waals surface area (Å²) in [6.45, 7) is 3.22.